The quantitative estimate of drug-likeness (QED) is 0.831. The van der Waals surface area contributed by atoms with Crippen molar-refractivity contribution in [2.75, 3.05) is 12.8 Å². The first-order chi connectivity index (χ1) is 10.5. The summed E-state index contributed by atoms with van der Waals surface area (Å²) >= 11 is 1.55. The van der Waals surface area contributed by atoms with Gasteiger partial charge in [-0.15, -0.1) is 11.8 Å². The molecule has 1 atom stereocenters. The molecule has 1 unspecified atom stereocenters. The van der Waals surface area contributed by atoms with Crippen LogP contribution in [0, 0.1) is 12.7 Å². The van der Waals surface area contributed by atoms with E-state index in [1.807, 2.05) is 31.4 Å². The van der Waals surface area contributed by atoms with E-state index >= 15 is 0 Å². The summed E-state index contributed by atoms with van der Waals surface area (Å²) in [6.07, 6.45) is 0.864. The predicted molar refractivity (Wildman–Crippen MR) is 86.7 cm³/mol. The summed E-state index contributed by atoms with van der Waals surface area (Å²) in [5.41, 5.74) is 1.60. The molecule has 0 aliphatic rings. The number of nitrogens with one attached hydrogen (secondary N) is 1. The van der Waals surface area contributed by atoms with Crippen LogP contribution in [0.3, 0.4) is 0 Å². The van der Waals surface area contributed by atoms with Gasteiger partial charge in [0.1, 0.15) is 5.82 Å². The molecule has 0 bridgehead atoms. The second-order valence-electron chi connectivity index (χ2n) is 4.93. The summed E-state index contributed by atoms with van der Waals surface area (Å²) in [5, 5.41) is 12.7. The van der Waals surface area contributed by atoms with Crippen LogP contribution >= 0.6 is 11.8 Å². The Hall–Kier alpha value is -1.85. The number of aryl methyl sites for hydroxylation is 1. The summed E-state index contributed by atoms with van der Waals surface area (Å²) < 4.78 is 13.6. The van der Waals surface area contributed by atoms with E-state index in [0.29, 0.717) is 5.56 Å². The van der Waals surface area contributed by atoms with Crippen LogP contribution in [-0.2, 0) is 0 Å². The van der Waals surface area contributed by atoms with Crippen molar-refractivity contribution >= 4 is 17.7 Å². The number of aliphatic hydroxyl groups excluding tert-OH is 1. The zero-order valence-corrected chi connectivity index (χ0v) is 13.3. The van der Waals surface area contributed by atoms with Crippen LogP contribution in [0.4, 0.5) is 4.39 Å². The van der Waals surface area contributed by atoms with Gasteiger partial charge in [0.05, 0.1) is 6.10 Å². The summed E-state index contributed by atoms with van der Waals surface area (Å²) in [5.74, 6) is -0.756. The normalized spacial score (nSPS) is 12.0. The Labute approximate surface area is 133 Å². The highest BCUT2D eigenvalue weighted by molar-refractivity contribution is 7.98. The third-order valence-electron chi connectivity index (χ3n) is 3.41. The maximum atomic E-state index is 13.6. The molecule has 0 aliphatic heterocycles. The number of amides is 1. The Bertz CT molecular complexity index is 675. The van der Waals surface area contributed by atoms with Crippen LogP contribution in [0.2, 0.25) is 0 Å². The number of carbonyl (C=O) groups excluding carboxylic acids is 1. The monoisotopic (exact) mass is 319 g/mol. The number of thioether (sulfide) groups is 1. The van der Waals surface area contributed by atoms with Crippen molar-refractivity contribution in [1.82, 2.24) is 5.32 Å². The summed E-state index contributed by atoms with van der Waals surface area (Å²) in [7, 11) is 0. The average Bonchev–Trinajstić information content (AvgIpc) is 2.53. The maximum Gasteiger partial charge on any atom is 0.251 e. The van der Waals surface area contributed by atoms with Crippen LogP contribution < -0.4 is 5.32 Å². The fourth-order valence-electron chi connectivity index (χ4n) is 2.11. The Kier molecular flexibility index (Phi) is 5.57. The molecule has 0 saturated carbocycles. The van der Waals surface area contributed by atoms with Gasteiger partial charge in [-0.3, -0.25) is 4.79 Å². The SMILES string of the molecule is CSc1ccc(C)c(C(=O)NCC(O)c2ccccc2F)c1. The van der Waals surface area contributed by atoms with Crippen molar-refractivity contribution < 1.29 is 14.3 Å². The van der Waals surface area contributed by atoms with Crippen molar-refractivity contribution in [2.45, 2.75) is 17.9 Å². The molecule has 2 rings (SSSR count). The molecule has 116 valence electrons. The highest BCUT2D eigenvalue weighted by Crippen LogP contribution is 2.20. The number of aliphatic hydroxyl groups is 1. The molecule has 3 nitrogen and oxygen atoms in total. The lowest BCUT2D eigenvalue weighted by atomic mass is 10.1. The number of hydrogen-bond acceptors (Lipinski definition) is 3. The van der Waals surface area contributed by atoms with E-state index in [4.69, 9.17) is 0 Å². The minimum Gasteiger partial charge on any atom is -0.386 e. The molecular weight excluding hydrogens is 301 g/mol. The number of carbonyl (C=O) groups is 1. The highest BCUT2D eigenvalue weighted by Gasteiger charge is 2.15. The minimum absolute atomic E-state index is 0.0390. The molecule has 1 amide bonds. The molecule has 0 radical (unpaired) electrons. The molecule has 0 aliphatic carbocycles. The molecular formula is C17H18FNO2S. The molecule has 0 spiro atoms. The molecule has 0 saturated heterocycles. The van der Waals surface area contributed by atoms with Crippen molar-refractivity contribution in [3.05, 3.63) is 65.0 Å². The smallest absolute Gasteiger partial charge is 0.251 e. The van der Waals surface area contributed by atoms with E-state index in [-0.39, 0.29) is 18.0 Å². The Balaban J connectivity index is 2.05. The van der Waals surface area contributed by atoms with Gasteiger partial charge in [0, 0.05) is 22.6 Å². The molecule has 0 aromatic heterocycles. The Morgan fingerprint density at radius 1 is 1.32 bits per heavy atom. The third-order valence-corrected chi connectivity index (χ3v) is 4.13. The maximum absolute atomic E-state index is 13.6. The van der Waals surface area contributed by atoms with Crippen LogP contribution in [0.15, 0.2) is 47.4 Å². The molecule has 2 aromatic rings. The molecule has 0 heterocycles. The summed E-state index contributed by atoms with van der Waals surface area (Å²) in [6.45, 7) is 1.81. The zero-order valence-electron chi connectivity index (χ0n) is 12.5. The lowest BCUT2D eigenvalue weighted by Gasteiger charge is -2.14. The summed E-state index contributed by atoms with van der Waals surface area (Å²) in [4.78, 5) is 13.2. The first-order valence-corrected chi connectivity index (χ1v) is 8.10. The van der Waals surface area contributed by atoms with Crippen molar-refractivity contribution in [2.24, 2.45) is 0 Å². The van der Waals surface area contributed by atoms with Crippen LogP contribution in [-0.4, -0.2) is 23.8 Å². The first-order valence-electron chi connectivity index (χ1n) is 6.88. The predicted octanol–water partition coefficient (Wildman–Crippen LogP) is 3.32. The molecule has 5 heteroatoms. The van der Waals surface area contributed by atoms with Gasteiger partial charge in [-0.25, -0.2) is 4.39 Å². The van der Waals surface area contributed by atoms with Gasteiger partial charge in [-0.05, 0) is 36.9 Å². The zero-order chi connectivity index (χ0) is 16.1. The average molecular weight is 319 g/mol. The third kappa shape index (κ3) is 3.87. The van der Waals surface area contributed by atoms with Crippen LogP contribution in [0.1, 0.15) is 27.6 Å². The van der Waals surface area contributed by atoms with Gasteiger partial charge in [-0.1, -0.05) is 24.3 Å². The number of rotatable bonds is 5. The molecule has 2 N–H and O–H groups in total. The second-order valence-corrected chi connectivity index (χ2v) is 5.81. The van der Waals surface area contributed by atoms with E-state index in [0.717, 1.165) is 10.5 Å². The van der Waals surface area contributed by atoms with Crippen LogP contribution in [0.5, 0.6) is 0 Å². The standard InChI is InChI=1S/C17H18FNO2S/c1-11-7-8-12(22-2)9-14(11)17(21)19-10-16(20)13-5-3-4-6-15(13)18/h3-9,16,20H,10H2,1-2H3,(H,19,21). The number of benzene rings is 2. The molecule has 22 heavy (non-hydrogen) atoms. The van der Waals surface area contributed by atoms with Crippen molar-refractivity contribution in [1.29, 1.82) is 0 Å². The fraction of sp³-hybridized carbons (Fsp3) is 0.235. The number of halogens is 1. The molecule has 2 aromatic carbocycles. The number of hydrogen-bond donors (Lipinski definition) is 2. The minimum atomic E-state index is -1.07. The Morgan fingerprint density at radius 2 is 2.05 bits per heavy atom. The lowest BCUT2D eigenvalue weighted by molar-refractivity contribution is 0.0913. The van der Waals surface area contributed by atoms with E-state index in [2.05, 4.69) is 5.32 Å². The molecule has 0 fully saturated rings. The lowest BCUT2D eigenvalue weighted by Crippen LogP contribution is -2.29. The van der Waals surface area contributed by atoms with E-state index in [1.165, 1.54) is 12.1 Å². The van der Waals surface area contributed by atoms with Crippen molar-refractivity contribution in [3.63, 3.8) is 0 Å². The van der Waals surface area contributed by atoms with Gasteiger partial charge < -0.3 is 10.4 Å². The van der Waals surface area contributed by atoms with Crippen molar-refractivity contribution in [3.8, 4) is 0 Å². The fourth-order valence-corrected chi connectivity index (χ4v) is 2.55. The second kappa shape index (κ2) is 7.42. The summed E-state index contributed by atoms with van der Waals surface area (Å²) in [6, 6.07) is 11.6. The van der Waals surface area contributed by atoms with E-state index in [9.17, 15) is 14.3 Å². The van der Waals surface area contributed by atoms with E-state index < -0.39 is 11.9 Å². The van der Waals surface area contributed by atoms with Gasteiger partial charge in [0.25, 0.3) is 5.91 Å². The topological polar surface area (TPSA) is 49.3 Å². The van der Waals surface area contributed by atoms with E-state index in [1.54, 1.807) is 23.9 Å². The van der Waals surface area contributed by atoms with Gasteiger partial charge in [0.2, 0.25) is 0 Å². The van der Waals surface area contributed by atoms with Gasteiger partial charge in [0.15, 0.2) is 0 Å². The van der Waals surface area contributed by atoms with Gasteiger partial charge in [-0.2, -0.15) is 0 Å². The first kappa shape index (κ1) is 16.5. The van der Waals surface area contributed by atoms with Crippen LogP contribution in [0.25, 0.3) is 0 Å². The Morgan fingerprint density at radius 3 is 2.73 bits per heavy atom. The highest BCUT2D eigenvalue weighted by atomic mass is 32.2. The van der Waals surface area contributed by atoms with Gasteiger partial charge >= 0.3 is 0 Å². The largest absolute Gasteiger partial charge is 0.386 e.